The van der Waals surface area contributed by atoms with Crippen molar-refractivity contribution < 1.29 is 18.0 Å². The van der Waals surface area contributed by atoms with E-state index in [-0.39, 0.29) is 17.7 Å². The van der Waals surface area contributed by atoms with E-state index >= 15 is 0 Å². The fraction of sp³-hybridized carbons (Fsp3) is 0.370. The predicted molar refractivity (Wildman–Crippen MR) is 144 cm³/mol. The topological polar surface area (TPSA) is 112 Å². The number of aromatic nitrogens is 1. The van der Waals surface area contributed by atoms with Gasteiger partial charge < -0.3 is 15.5 Å². The first-order chi connectivity index (χ1) is 17.8. The number of nitrogens with one attached hydrogen (secondary N) is 2. The highest BCUT2D eigenvalue weighted by atomic mass is 32.2. The molecule has 9 nitrogen and oxygen atoms in total. The van der Waals surface area contributed by atoms with Gasteiger partial charge in [-0.25, -0.2) is 13.4 Å². The minimum absolute atomic E-state index is 0.0467. The summed E-state index contributed by atoms with van der Waals surface area (Å²) in [5, 5.41) is 6.46. The maximum Gasteiger partial charge on any atom is 0.243 e. The summed E-state index contributed by atoms with van der Waals surface area (Å²) in [5.41, 5.74) is 2.08. The van der Waals surface area contributed by atoms with E-state index in [1.807, 2.05) is 12.1 Å². The minimum atomic E-state index is -3.48. The molecular weight excluding hydrogens is 490 g/mol. The second-order valence-corrected chi connectivity index (χ2v) is 11.6. The summed E-state index contributed by atoms with van der Waals surface area (Å²) in [6.07, 6.45) is 3.46. The number of rotatable bonds is 6. The lowest BCUT2D eigenvalue weighted by Crippen LogP contribution is -2.41. The Morgan fingerprint density at radius 3 is 2.30 bits per heavy atom. The zero-order valence-electron chi connectivity index (χ0n) is 20.8. The molecule has 2 aliphatic rings. The largest absolute Gasteiger partial charge is 0.356 e. The summed E-state index contributed by atoms with van der Waals surface area (Å²) in [5.74, 6) is 0.400. The maximum atomic E-state index is 13.0. The first kappa shape index (κ1) is 25.2. The van der Waals surface area contributed by atoms with Gasteiger partial charge in [-0.1, -0.05) is 0 Å². The molecule has 2 aromatic carbocycles. The van der Waals surface area contributed by atoms with Crippen LogP contribution in [0.5, 0.6) is 0 Å². The lowest BCUT2D eigenvalue weighted by atomic mass is 9.97. The van der Waals surface area contributed by atoms with Crippen LogP contribution in [-0.2, 0) is 19.6 Å². The number of sulfonamides is 1. The van der Waals surface area contributed by atoms with E-state index in [0.29, 0.717) is 35.9 Å². The molecule has 2 fully saturated rings. The molecular formula is C27H31N5O4S. The SMILES string of the molecule is CC(=O)Nc1ccc(NC(=O)[C@H]2CCCN(c3ccc4cc(S(=O)(=O)N5CCCC5)ccc4n3)C2)cc1. The lowest BCUT2D eigenvalue weighted by Gasteiger charge is -2.33. The first-order valence-electron chi connectivity index (χ1n) is 12.6. The molecule has 2 amide bonds. The quantitative estimate of drug-likeness (QED) is 0.510. The van der Waals surface area contributed by atoms with Crippen molar-refractivity contribution in [2.75, 3.05) is 41.7 Å². The van der Waals surface area contributed by atoms with Crippen LogP contribution in [0.15, 0.2) is 59.5 Å². The molecule has 0 bridgehead atoms. The van der Waals surface area contributed by atoms with Gasteiger partial charge >= 0.3 is 0 Å². The van der Waals surface area contributed by atoms with Crippen LogP contribution in [0, 0.1) is 5.92 Å². The van der Waals surface area contributed by atoms with Crippen LogP contribution in [0.2, 0.25) is 0 Å². The predicted octanol–water partition coefficient (Wildman–Crippen LogP) is 3.83. The number of carbonyl (C=O) groups excluding carboxylic acids is 2. The number of carbonyl (C=O) groups is 2. The molecule has 2 saturated heterocycles. The minimum Gasteiger partial charge on any atom is -0.356 e. The molecule has 3 aromatic rings. The standard InChI is InChI=1S/C27H31N5O4S/c1-19(33)28-22-7-9-23(10-8-22)29-27(34)21-5-4-14-31(18-21)26-13-6-20-17-24(11-12-25(20)30-26)37(35,36)32-15-2-3-16-32/h6-13,17,21H,2-5,14-16,18H2,1H3,(H,28,33)(H,29,34)/t21-/m0/s1. The van der Waals surface area contributed by atoms with E-state index in [4.69, 9.17) is 4.98 Å². The number of amides is 2. The van der Waals surface area contributed by atoms with Crippen molar-refractivity contribution in [2.24, 2.45) is 5.92 Å². The lowest BCUT2D eigenvalue weighted by molar-refractivity contribution is -0.120. The van der Waals surface area contributed by atoms with E-state index in [0.717, 1.165) is 48.9 Å². The third-order valence-electron chi connectivity index (χ3n) is 6.94. The molecule has 0 spiro atoms. The average molecular weight is 522 g/mol. The molecule has 37 heavy (non-hydrogen) atoms. The monoisotopic (exact) mass is 521 g/mol. The molecule has 3 heterocycles. The molecule has 0 aliphatic carbocycles. The van der Waals surface area contributed by atoms with E-state index in [1.54, 1.807) is 46.8 Å². The molecule has 2 aliphatic heterocycles. The number of fused-ring (bicyclic) bond motifs is 1. The van der Waals surface area contributed by atoms with E-state index in [1.165, 1.54) is 6.92 Å². The van der Waals surface area contributed by atoms with Crippen molar-refractivity contribution >= 4 is 49.9 Å². The molecule has 1 aromatic heterocycles. The number of hydrogen-bond donors (Lipinski definition) is 2. The molecule has 0 unspecified atom stereocenters. The number of nitrogens with zero attached hydrogens (tertiary/aromatic N) is 3. The first-order valence-corrected chi connectivity index (χ1v) is 14.1. The second kappa shape index (κ2) is 10.5. The summed E-state index contributed by atoms with van der Waals surface area (Å²) in [4.78, 5) is 31.4. The van der Waals surface area contributed by atoms with Crippen molar-refractivity contribution in [1.82, 2.24) is 9.29 Å². The van der Waals surface area contributed by atoms with Gasteiger partial charge in [-0.3, -0.25) is 9.59 Å². The van der Waals surface area contributed by atoms with Gasteiger partial charge in [0.25, 0.3) is 0 Å². The van der Waals surface area contributed by atoms with Crippen LogP contribution in [0.1, 0.15) is 32.6 Å². The van der Waals surface area contributed by atoms with Gasteiger partial charge in [0.1, 0.15) is 5.82 Å². The van der Waals surface area contributed by atoms with E-state index < -0.39 is 10.0 Å². The fourth-order valence-electron chi connectivity index (χ4n) is 4.99. The molecule has 0 saturated carbocycles. The number of benzene rings is 2. The number of anilines is 3. The number of hydrogen-bond acceptors (Lipinski definition) is 6. The smallest absolute Gasteiger partial charge is 0.243 e. The van der Waals surface area contributed by atoms with E-state index in [9.17, 15) is 18.0 Å². The summed E-state index contributed by atoms with van der Waals surface area (Å²) in [6, 6.07) is 16.0. The van der Waals surface area contributed by atoms with Crippen molar-refractivity contribution in [2.45, 2.75) is 37.5 Å². The van der Waals surface area contributed by atoms with Crippen molar-refractivity contribution in [3.63, 3.8) is 0 Å². The fourth-order valence-corrected chi connectivity index (χ4v) is 6.54. The Morgan fingerprint density at radius 2 is 1.59 bits per heavy atom. The average Bonchev–Trinajstić information content (AvgIpc) is 3.45. The number of piperidine rings is 1. The highest BCUT2D eigenvalue weighted by Gasteiger charge is 2.28. The summed E-state index contributed by atoms with van der Waals surface area (Å²) in [7, 11) is -3.48. The molecule has 5 rings (SSSR count). The second-order valence-electron chi connectivity index (χ2n) is 9.67. The highest BCUT2D eigenvalue weighted by molar-refractivity contribution is 7.89. The van der Waals surface area contributed by atoms with Crippen LogP contribution in [0.3, 0.4) is 0 Å². The molecule has 10 heteroatoms. The maximum absolute atomic E-state index is 13.0. The van der Waals surface area contributed by atoms with Gasteiger partial charge in [0.05, 0.1) is 16.3 Å². The van der Waals surface area contributed by atoms with Gasteiger partial charge in [0, 0.05) is 49.9 Å². The number of pyridine rings is 1. The van der Waals surface area contributed by atoms with Crippen molar-refractivity contribution in [3.05, 3.63) is 54.6 Å². The van der Waals surface area contributed by atoms with Crippen LogP contribution in [0.25, 0.3) is 10.9 Å². The van der Waals surface area contributed by atoms with Crippen molar-refractivity contribution in [3.8, 4) is 0 Å². The summed E-state index contributed by atoms with van der Waals surface area (Å²) >= 11 is 0. The normalized spacial score (nSPS) is 18.6. The Hall–Kier alpha value is -3.50. The van der Waals surface area contributed by atoms with Gasteiger partial charge in [-0.05, 0) is 80.3 Å². The Morgan fingerprint density at radius 1 is 0.892 bits per heavy atom. The van der Waals surface area contributed by atoms with Gasteiger partial charge in [0.2, 0.25) is 21.8 Å². The van der Waals surface area contributed by atoms with Gasteiger partial charge in [-0.2, -0.15) is 4.31 Å². The third kappa shape index (κ3) is 5.60. The molecule has 194 valence electrons. The zero-order valence-corrected chi connectivity index (χ0v) is 21.6. The Labute approximate surface area is 216 Å². The Balaban J connectivity index is 1.26. The van der Waals surface area contributed by atoms with Gasteiger partial charge in [0.15, 0.2) is 0 Å². The molecule has 0 radical (unpaired) electrons. The summed E-state index contributed by atoms with van der Waals surface area (Å²) in [6.45, 7) is 3.95. The van der Waals surface area contributed by atoms with E-state index in [2.05, 4.69) is 15.5 Å². The summed E-state index contributed by atoms with van der Waals surface area (Å²) < 4.78 is 27.4. The highest BCUT2D eigenvalue weighted by Crippen LogP contribution is 2.28. The van der Waals surface area contributed by atoms with Crippen LogP contribution < -0.4 is 15.5 Å². The molecule has 1 atom stereocenters. The molecule has 2 N–H and O–H groups in total. The Bertz CT molecular complexity index is 1420. The zero-order chi connectivity index (χ0) is 26.0. The van der Waals surface area contributed by atoms with Crippen LogP contribution in [0.4, 0.5) is 17.2 Å². The van der Waals surface area contributed by atoms with Crippen molar-refractivity contribution in [1.29, 1.82) is 0 Å². The Kier molecular flexibility index (Phi) is 7.12. The van der Waals surface area contributed by atoms with Gasteiger partial charge in [-0.15, -0.1) is 0 Å². The third-order valence-corrected chi connectivity index (χ3v) is 8.83. The van der Waals surface area contributed by atoms with Crippen LogP contribution in [-0.4, -0.2) is 55.7 Å². The van der Waals surface area contributed by atoms with Crippen LogP contribution >= 0.6 is 0 Å².